The van der Waals surface area contributed by atoms with E-state index in [1.165, 1.54) is 12.1 Å². The molecule has 1 aliphatic rings. The van der Waals surface area contributed by atoms with Gasteiger partial charge in [0.15, 0.2) is 0 Å². The van der Waals surface area contributed by atoms with Crippen molar-refractivity contribution in [1.82, 2.24) is 15.1 Å². The summed E-state index contributed by atoms with van der Waals surface area (Å²) in [6.07, 6.45) is -0.234. The smallest absolute Gasteiger partial charge is 0.416 e. The van der Waals surface area contributed by atoms with Gasteiger partial charge in [0.25, 0.3) is 0 Å². The number of carbonyl (C=O) groups excluding carboxylic acids is 1. The maximum Gasteiger partial charge on any atom is 0.416 e. The van der Waals surface area contributed by atoms with Crippen LogP contribution in [0.1, 0.15) is 47.7 Å². The van der Waals surface area contributed by atoms with Gasteiger partial charge >= 0.3 is 12.1 Å². The SMILES string of the molecule is Cc1nn(-c2ccc(C(F)(F)F)cc2)c(C)c1C1C=CC(NC(=O)CCC(=O)O)C1. The van der Waals surface area contributed by atoms with Gasteiger partial charge in [0.05, 0.1) is 23.4 Å². The van der Waals surface area contributed by atoms with Crippen molar-refractivity contribution in [3.63, 3.8) is 0 Å². The minimum absolute atomic E-state index is 0.00188. The summed E-state index contributed by atoms with van der Waals surface area (Å²) in [6, 6.07) is 4.64. The van der Waals surface area contributed by atoms with Gasteiger partial charge in [0.1, 0.15) is 0 Å². The number of alkyl halides is 3. The number of hydrogen-bond donors (Lipinski definition) is 2. The maximum atomic E-state index is 12.8. The van der Waals surface area contributed by atoms with E-state index in [9.17, 15) is 22.8 Å². The molecule has 0 saturated heterocycles. The van der Waals surface area contributed by atoms with Gasteiger partial charge in [-0.15, -0.1) is 0 Å². The molecule has 0 spiro atoms. The van der Waals surface area contributed by atoms with E-state index >= 15 is 0 Å². The molecule has 6 nitrogen and oxygen atoms in total. The van der Waals surface area contributed by atoms with Crippen molar-refractivity contribution in [3.05, 3.63) is 58.9 Å². The summed E-state index contributed by atoms with van der Waals surface area (Å²) in [4.78, 5) is 22.4. The third-order valence-corrected chi connectivity index (χ3v) is 5.15. The second-order valence-electron chi connectivity index (χ2n) is 7.34. The van der Waals surface area contributed by atoms with E-state index in [-0.39, 0.29) is 30.7 Å². The van der Waals surface area contributed by atoms with Gasteiger partial charge in [0.2, 0.25) is 5.91 Å². The third kappa shape index (κ3) is 4.72. The molecule has 2 aromatic rings. The Hall–Kier alpha value is -3.10. The number of aromatic nitrogens is 2. The number of halogens is 3. The Bertz CT molecular complexity index is 978. The van der Waals surface area contributed by atoms with E-state index in [0.717, 1.165) is 29.1 Å². The van der Waals surface area contributed by atoms with Crippen LogP contribution < -0.4 is 5.32 Å². The van der Waals surface area contributed by atoms with Crippen LogP contribution in [0.15, 0.2) is 36.4 Å². The standard InChI is InChI=1S/C21H22F3N3O3/c1-12-20(14-3-6-16(11-14)25-18(28)9-10-19(29)30)13(2)27(26-12)17-7-4-15(5-8-17)21(22,23)24/h3-8,14,16H,9-11H2,1-2H3,(H,25,28)(H,29,30). The fraction of sp³-hybridized carbons (Fsp3) is 0.381. The lowest BCUT2D eigenvalue weighted by molar-refractivity contribution is -0.139. The molecule has 3 rings (SSSR count). The zero-order valence-electron chi connectivity index (χ0n) is 16.5. The van der Waals surface area contributed by atoms with Gasteiger partial charge in [-0.1, -0.05) is 12.2 Å². The highest BCUT2D eigenvalue weighted by atomic mass is 19.4. The molecule has 1 aromatic heterocycles. The van der Waals surface area contributed by atoms with Gasteiger partial charge < -0.3 is 10.4 Å². The van der Waals surface area contributed by atoms with Crippen molar-refractivity contribution >= 4 is 11.9 Å². The molecule has 1 aromatic carbocycles. The van der Waals surface area contributed by atoms with Gasteiger partial charge in [-0.25, -0.2) is 4.68 Å². The molecule has 1 amide bonds. The number of carboxylic acid groups (broad SMARTS) is 1. The summed E-state index contributed by atoms with van der Waals surface area (Å²) in [5.74, 6) is -1.34. The van der Waals surface area contributed by atoms with E-state index in [1.807, 2.05) is 26.0 Å². The van der Waals surface area contributed by atoms with E-state index in [1.54, 1.807) is 4.68 Å². The lowest BCUT2D eigenvalue weighted by Gasteiger charge is -2.15. The molecule has 0 fully saturated rings. The molecule has 2 N–H and O–H groups in total. The van der Waals surface area contributed by atoms with Crippen molar-refractivity contribution in [2.45, 2.75) is 51.2 Å². The van der Waals surface area contributed by atoms with Crippen molar-refractivity contribution in [2.24, 2.45) is 0 Å². The summed E-state index contributed by atoms with van der Waals surface area (Å²) in [7, 11) is 0. The molecule has 1 heterocycles. The van der Waals surface area contributed by atoms with Crippen LogP contribution in [0.3, 0.4) is 0 Å². The topological polar surface area (TPSA) is 84.2 Å². The first-order valence-electron chi connectivity index (χ1n) is 9.49. The normalized spacial score (nSPS) is 18.6. The summed E-state index contributed by atoms with van der Waals surface area (Å²) in [5, 5.41) is 16.0. The predicted molar refractivity (Wildman–Crippen MR) is 103 cm³/mol. The number of carbonyl (C=O) groups is 2. The zero-order chi connectivity index (χ0) is 22.1. The van der Waals surface area contributed by atoms with E-state index in [4.69, 9.17) is 5.11 Å². The molecular formula is C21H22F3N3O3. The van der Waals surface area contributed by atoms with E-state index in [0.29, 0.717) is 12.1 Å². The number of benzene rings is 1. The molecule has 1 aliphatic carbocycles. The number of nitrogens with one attached hydrogen (secondary N) is 1. The Morgan fingerprint density at radius 2 is 1.83 bits per heavy atom. The lowest BCUT2D eigenvalue weighted by Crippen LogP contribution is -2.32. The number of nitrogens with zero attached hydrogens (tertiary/aromatic N) is 2. The third-order valence-electron chi connectivity index (χ3n) is 5.15. The Morgan fingerprint density at radius 3 is 2.43 bits per heavy atom. The predicted octanol–water partition coefficient (Wildman–Crippen LogP) is 3.90. The number of allylic oxidation sites excluding steroid dienone is 1. The number of hydrogen-bond acceptors (Lipinski definition) is 3. The van der Waals surface area contributed by atoms with Crippen LogP contribution in [-0.2, 0) is 15.8 Å². The van der Waals surface area contributed by atoms with Gasteiger partial charge in [-0.3, -0.25) is 9.59 Å². The first-order valence-corrected chi connectivity index (χ1v) is 9.49. The maximum absolute atomic E-state index is 12.8. The average molecular weight is 421 g/mol. The first kappa shape index (κ1) is 21.6. The van der Waals surface area contributed by atoms with E-state index in [2.05, 4.69) is 10.4 Å². The van der Waals surface area contributed by atoms with Crippen molar-refractivity contribution in [1.29, 1.82) is 0 Å². The number of rotatable bonds is 6. The second kappa shape index (κ2) is 8.33. The highest BCUT2D eigenvalue weighted by Gasteiger charge is 2.30. The van der Waals surface area contributed by atoms with Gasteiger partial charge in [-0.2, -0.15) is 18.3 Å². The Kier molecular flexibility index (Phi) is 6.00. The second-order valence-corrected chi connectivity index (χ2v) is 7.34. The number of aryl methyl sites for hydroxylation is 1. The molecule has 9 heteroatoms. The highest BCUT2D eigenvalue weighted by molar-refractivity contribution is 5.81. The number of carboxylic acids is 1. The van der Waals surface area contributed by atoms with Crippen LogP contribution in [0, 0.1) is 13.8 Å². The molecule has 0 aliphatic heterocycles. The van der Waals surface area contributed by atoms with Crippen LogP contribution >= 0.6 is 0 Å². The Labute approximate surface area is 171 Å². The van der Waals surface area contributed by atoms with Gasteiger partial charge in [-0.05, 0) is 44.5 Å². The minimum Gasteiger partial charge on any atom is -0.481 e. The van der Waals surface area contributed by atoms with Crippen LogP contribution in [0.4, 0.5) is 13.2 Å². The summed E-state index contributed by atoms with van der Waals surface area (Å²) >= 11 is 0. The highest BCUT2D eigenvalue weighted by Crippen LogP contribution is 2.34. The van der Waals surface area contributed by atoms with Crippen molar-refractivity contribution < 1.29 is 27.9 Å². The minimum atomic E-state index is -4.39. The molecule has 0 bridgehead atoms. The van der Waals surface area contributed by atoms with Crippen LogP contribution in [0.25, 0.3) is 5.69 Å². The number of aliphatic carboxylic acids is 1. The van der Waals surface area contributed by atoms with Crippen molar-refractivity contribution in [3.8, 4) is 5.69 Å². The largest absolute Gasteiger partial charge is 0.481 e. The van der Waals surface area contributed by atoms with Crippen molar-refractivity contribution in [2.75, 3.05) is 0 Å². The zero-order valence-corrected chi connectivity index (χ0v) is 16.5. The van der Waals surface area contributed by atoms with Crippen LogP contribution in [0.2, 0.25) is 0 Å². The number of amides is 1. The Morgan fingerprint density at radius 1 is 1.17 bits per heavy atom. The Balaban J connectivity index is 1.73. The molecular weight excluding hydrogens is 399 g/mol. The molecule has 2 unspecified atom stereocenters. The van der Waals surface area contributed by atoms with Crippen LogP contribution in [-0.4, -0.2) is 32.8 Å². The van der Waals surface area contributed by atoms with Gasteiger partial charge in [0, 0.05) is 29.6 Å². The lowest BCUT2D eigenvalue weighted by atomic mass is 9.96. The summed E-state index contributed by atoms with van der Waals surface area (Å²) in [5.41, 5.74) is 2.37. The fourth-order valence-electron chi connectivity index (χ4n) is 3.75. The average Bonchev–Trinajstić information content (AvgIpc) is 3.23. The first-order chi connectivity index (χ1) is 14.1. The summed E-state index contributed by atoms with van der Waals surface area (Å²) < 4.78 is 40.0. The molecule has 0 saturated carbocycles. The van der Waals surface area contributed by atoms with Crippen LogP contribution in [0.5, 0.6) is 0 Å². The molecule has 0 radical (unpaired) electrons. The fourth-order valence-corrected chi connectivity index (χ4v) is 3.75. The quantitative estimate of drug-likeness (QED) is 0.693. The molecule has 2 atom stereocenters. The monoisotopic (exact) mass is 421 g/mol. The molecule has 160 valence electrons. The molecule has 30 heavy (non-hydrogen) atoms. The van der Waals surface area contributed by atoms with E-state index < -0.39 is 17.7 Å². The summed E-state index contributed by atoms with van der Waals surface area (Å²) in [6.45, 7) is 3.70.